The lowest BCUT2D eigenvalue weighted by atomic mass is 10.1. The molecule has 1 amide bonds. The van der Waals surface area contributed by atoms with Crippen molar-refractivity contribution in [3.63, 3.8) is 0 Å². The van der Waals surface area contributed by atoms with Gasteiger partial charge in [0, 0.05) is 19.2 Å². The lowest BCUT2D eigenvalue weighted by Gasteiger charge is -2.18. The van der Waals surface area contributed by atoms with Crippen molar-refractivity contribution in [1.82, 2.24) is 0 Å². The number of furan rings is 1. The molecule has 1 aromatic heterocycles. The van der Waals surface area contributed by atoms with Crippen molar-refractivity contribution >= 4 is 29.3 Å². The number of anilines is 2. The molecule has 3 rings (SSSR count). The summed E-state index contributed by atoms with van der Waals surface area (Å²) in [5.41, 5.74) is 2.31. The molecule has 0 saturated carbocycles. The molecule has 0 saturated heterocycles. The van der Waals surface area contributed by atoms with Gasteiger partial charge in [-0.15, -0.1) is 0 Å². The summed E-state index contributed by atoms with van der Waals surface area (Å²) in [5, 5.41) is 31.9. The van der Waals surface area contributed by atoms with Crippen molar-refractivity contribution in [3.8, 4) is 12.1 Å². The summed E-state index contributed by atoms with van der Waals surface area (Å²) in [6, 6.07) is 14.6. The second-order valence-electron chi connectivity index (χ2n) is 6.78. The molecule has 9 nitrogen and oxygen atoms in total. The number of amides is 1. The molecule has 2 heterocycles. The molecule has 1 N–H and O–H groups in total. The lowest BCUT2D eigenvalue weighted by molar-refractivity contribution is -0.253. The number of nitriles is 2. The van der Waals surface area contributed by atoms with Crippen LogP contribution in [0.5, 0.6) is 0 Å². The van der Waals surface area contributed by atoms with Gasteiger partial charge in [-0.05, 0) is 36.8 Å². The molecule has 9 heteroatoms. The van der Waals surface area contributed by atoms with Gasteiger partial charge in [0.05, 0.1) is 42.0 Å². The average Bonchev–Trinajstić information content (AvgIpc) is 3.35. The van der Waals surface area contributed by atoms with Crippen LogP contribution in [0.15, 0.2) is 51.5 Å². The van der Waals surface area contributed by atoms with Crippen LogP contribution < -0.4 is 9.91 Å². The molecule has 0 bridgehead atoms. The maximum Gasteiger partial charge on any atom is 0.280 e. The Bertz CT molecular complexity index is 1050. The van der Waals surface area contributed by atoms with Crippen molar-refractivity contribution in [3.05, 3.63) is 53.3 Å². The smallest absolute Gasteiger partial charge is 0.280 e. The highest BCUT2D eigenvalue weighted by Gasteiger charge is 2.29. The lowest BCUT2D eigenvalue weighted by Crippen LogP contribution is -2.24. The van der Waals surface area contributed by atoms with Crippen LogP contribution in [0.4, 0.5) is 11.6 Å². The quantitative estimate of drug-likeness (QED) is 0.373. The first-order chi connectivity index (χ1) is 15.1. The number of hydrazone groups is 1. The molecule has 0 fully saturated rings. The summed E-state index contributed by atoms with van der Waals surface area (Å²) in [5.74, 6) is 0.729. The maximum absolute atomic E-state index is 12.9. The van der Waals surface area contributed by atoms with E-state index in [9.17, 15) is 4.79 Å². The zero-order valence-corrected chi connectivity index (χ0v) is 17.0. The van der Waals surface area contributed by atoms with Crippen molar-refractivity contribution in [2.45, 2.75) is 26.4 Å². The molecule has 31 heavy (non-hydrogen) atoms. The molecular formula is C22H21N5O4. The van der Waals surface area contributed by atoms with E-state index < -0.39 is 0 Å². The minimum Gasteiger partial charge on any atom is -0.441 e. The van der Waals surface area contributed by atoms with Crippen LogP contribution in [0.2, 0.25) is 0 Å². The minimum absolute atomic E-state index is 0.0578. The number of hydrogen-bond donors (Lipinski definition) is 1. The average molecular weight is 419 g/mol. The van der Waals surface area contributed by atoms with E-state index in [0.29, 0.717) is 54.5 Å². The van der Waals surface area contributed by atoms with Crippen LogP contribution in [-0.4, -0.2) is 30.0 Å². The highest BCUT2D eigenvalue weighted by atomic mass is 17.1. The summed E-state index contributed by atoms with van der Waals surface area (Å²) >= 11 is 0. The Morgan fingerprint density at radius 2 is 1.84 bits per heavy atom. The molecule has 0 atom stereocenters. The van der Waals surface area contributed by atoms with Gasteiger partial charge in [-0.2, -0.15) is 20.6 Å². The predicted octanol–water partition coefficient (Wildman–Crippen LogP) is 3.71. The zero-order chi connectivity index (χ0) is 22.2. The van der Waals surface area contributed by atoms with Gasteiger partial charge < -0.3 is 9.32 Å². The van der Waals surface area contributed by atoms with E-state index in [1.54, 1.807) is 49.4 Å². The molecule has 1 aliphatic heterocycles. The second kappa shape index (κ2) is 10.2. The zero-order valence-electron chi connectivity index (χ0n) is 17.0. The topological polar surface area (TPSA) is 126 Å². The van der Waals surface area contributed by atoms with Crippen LogP contribution in [-0.2, 0) is 16.3 Å². The maximum atomic E-state index is 12.9. The fourth-order valence-corrected chi connectivity index (χ4v) is 3.10. The number of benzene rings is 1. The summed E-state index contributed by atoms with van der Waals surface area (Å²) in [6.07, 6.45) is 2.25. The molecule has 2 aromatic rings. The first-order valence-electron chi connectivity index (χ1n) is 9.63. The van der Waals surface area contributed by atoms with E-state index in [4.69, 9.17) is 20.2 Å². The number of hydrogen-bond acceptors (Lipinski definition) is 8. The molecule has 0 radical (unpaired) electrons. The van der Waals surface area contributed by atoms with E-state index in [0.717, 1.165) is 5.56 Å². The molecule has 0 aliphatic carbocycles. The van der Waals surface area contributed by atoms with Gasteiger partial charge in [-0.25, -0.2) is 4.89 Å². The summed E-state index contributed by atoms with van der Waals surface area (Å²) in [6.45, 7) is 2.70. The van der Waals surface area contributed by atoms with E-state index in [2.05, 4.69) is 22.1 Å². The van der Waals surface area contributed by atoms with Crippen molar-refractivity contribution < 1.29 is 19.4 Å². The number of carbonyl (C=O) groups is 1. The Morgan fingerprint density at radius 3 is 2.45 bits per heavy atom. The molecular weight excluding hydrogens is 398 g/mol. The fourth-order valence-electron chi connectivity index (χ4n) is 3.10. The fraction of sp³-hybridized carbons (Fsp3) is 0.273. The SMILES string of the molecule is CC1=NN(c2ccc(COO)cc2)C(=O)C1=Cc1ccc(N(CCC#N)CCC#N)o1. The third-order valence-corrected chi connectivity index (χ3v) is 4.67. The van der Waals surface area contributed by atoms with Crippen molar-refractivity contribution in [2.75, 3.05) is 23.0 Å². The van der Waals surface area contributed by atoms with Crippen LogP contribution >= 0.6 is 0 Å². The van der Waals surface area contributed by atoms with Gasteiger partial charge in [-0.1, -0.05) is 12.1 Å². The van der Waals surface area contributed by atoms with E-state index >= 15 is 0 Å². The standard InChI is InChI=1S/C22H21N5O4/c1-16-20(22(28)27(25-16)18-6-4-17(5-7-18)15-30-29)14-19-8-9-21(31-19)26(12-2-10-23)13-3-11-24/h4-9,14,29H,2-3,12-13,15H2,1H3. The van der Waals surface area contributed by atoms with E-state index in [-0.39, 0.29) is 12.5 Å². The second-order valence-corrected chi connectivity index (χ2v) is 6.78. The van der Waals surface area contributed by atoms with Crippen LogP contribution in [0, 0.1) is 22.7 Å². The van der Waals surface area contributed by atoms with Gasteiger partial charge in [0.25, 0.3) is 5.91 Å². The minimum atomic E-state index is -0.285. The highest BCUT2D eigenvalue weighted by molar-refractivity contribution is 6.32. The predicted molar refractivity (Wildman–Crippen MR) is 114 cm³/mol. The number of rotatable bonds is 9. The van der Waals surface area contributed by atoms with Gasteiger partial charge in [0.1, 0.15) is 12.4 Å². The van der Waals surface area contributed by atoms with Gasteiger partial charge >= 0.3 is 0 Å². The van der Waals surface area contributed by atoms with Crippen LogP contribution in [0.3, 0.4) is 0 Å². The van der Waals surface area contributed by atoms with Crippen LogP contribution in [0.25, 0.3) is 6.08 Å². The Labute approximate surface area is 179 Å². The summed E-state index contributed by atoms with van der Waals surface area (Å²) in [4.78, 5) is 18.9. The third kappa shape index (κ3) is 5.17. The van der Waals surface area contributed by atoms with Gasteiger partial charge in [0.15, 0.2) is 5.88 Å². The molecule has 1 aliphatic rings. The normalized spacial score (nSPS) is 14.5. The van der Waals surface area contributed by atoms with Crippen LogP contribution in [0.1, 0.15) is 31.1 Å². The Morgan fingerprint density at radius 1 is 1.16 bits per heavy atom. The Kier molecular flexibility index (Phi) is 7.17. The van der Waals surface area contributed by atoms with E-state index in [1.165, 1.54) is 5.01 Å². The molecule has 158 valence electrons. The molecule has 0 unspecified atom stereocenters. The van der Waals surface area contributed by atoms with Gasteiger partial charge in [0.2, 0.25) is 0 Å². The van der Waals surface area contributed by atoms with E-state index in [1.807, 2.05) is 4.90 Å². The monoisotopic (exact) mass is 419 g/mol. The van der Waals surface area contributed by atoms with Crippen molar-refractivity contribution in [1.29, 1.82) is 10.5 Å². The highest BCUT2D eigenvalue weighted by Crippen LogP contribution is 2.27. The first-order valence-corrected chi connectivity index (χ1v) is 9.63. The number of carbonyl (C=O) groups excluding carboxylic acids is 1. The first kappa shape index (κ1) is 21.8. The largest absolute Gasteiger partial charge is 0.441 e. The Hall–Kier alpha value is -3.92. The summed E-state index contributed by atoms with van der Waals surface area (Å²) in [7, 11) is 0. The van der Waals surface area contributed by atoms with Gasteiger partial charge in [-0.3, -0.25) is 10.1 Å². The Balaban J connectivity index is 1.78. The number of nitrogens with zero attached hydrogens (tertiary/aromatic N) is 5. The van der Waals surface area contributed by atoms with Crippen molar-refractivity contribution in [2.24, 2.45) is 5.10 Å². The molecule has 0 spiro atoms. The summed E-state index contributed by atoms with van der Waals surface area (Å²) < 4.78 is 5.85. The molecule has 1 aromatic carbocycles. The third-order valence-electron chi connectivity index (χ3n) is 4.67.